The van der Waals surface area contributed by atoms with Crippen molar-refractivity contribution in [3.8, 4) is 0 Å². The van der Waals surface area contributed by atoms with Crippen molar-refractivity contribution in [2.45, 2.75) is 19.4 Å². The van der Waals surface area contributed by atoms with Gasteiger partial charge >= 0.3 is 0 Å². The minimum atomic E-state index is -3.19. The third-order valence-corrected chi connectivity index (χ3v) is 5.63. The van der Waals surface area contributed by atoms with Gasteiger partial charge in [-0.05, 0) is 37.1 Å². The topological polar surface area (TPSA) is 57.7 Å². The Labute approximate surface area is 129 Å². The van der Waals surface area contributed by atoms with Crippen molar-refractivity contribution in [2.24, 2.45) is 5.92 Å². The summed E-state index contributed by atoms with van der Waals surface area (Å²) in [7, 11) is -3.19. The van der Waals surface area contributed by atoms with Crippen molar-refractivity contribution in [3.05, 3.63) is 28.8 Å². The Morgan fingerprint density at radius 3 is 2.62 bits per heavy atom. The fraction of sp³-hybridized carbons (Fsp3) is 0.500. The van der Waals surface area contributed by atoms with Gasteiger partial charge in [-0.15, -0.1) is 0 Å². The number of hydrogen-bond acceptors (Lipinski definition) is 3. The molecule has 21 heavy (non-hydrogen) atoms. The highest BCUT2D eigenvalue weighted by Crippen LogP contribution is 2.36. The molecule has 114 valence electrons. The minimum Gasteiger partial charge on any atom is -0.309 e. The molecule has 1 aromatic rings. The molecule has 0 saturated carbocycles. The van der Waals surface area contributed by atoms with Crippen LogP contribution in [0.3, 0.4) is 0 Å². The Kier molecular flexibility index (Phi) is 3.50. The van der Waals surface area contributed by atoms with Crippen LogP contribution in [0.2, 0.25) is 5.02 Å². The third-order valence-electron chi connectivity index (χ3n) is 4.16. The third kappa shape index (κ3) is 2.56. The predicted octanol–water partition coefficient (Wildman–Crippen LogP) is 1.51. The van der Waals surface area contributed by atoms with Gasteiger partial charge in [0, 0.05) is 29.8 Å². The zero-order chi connectivity index (χ0) is 15.4. The lowest BCUT2D eigenvalue weighted by Gasteiger charge is -2.39. The van der Waals surface area contributed by atoms with E-state index in [0.717, 1.165) is 17.7 Å². The summed E-state index contributed by atoms with van der Waals surface area (Å²) in [5.41, 5.74) is 1.97. The van der Waals surface area contributed by atoms with Crippen molar-refractivity contribution in [1.82, 2.24) is 4.31 Å². The summed E-state index contributed by atoms with van der Waals surface area (Å²) in [4.78, 5) is 14.4. The first-order chi connectivity index (χ1) is 9.77. The van der Waals surface area contributed by atoms with Crippen LogP contribution >= 0.6 is 11.6 Å². The average Bonchev–Trinajstić information content (AvgIpc) is 2.59. The molecule has 2 aliphatic rings. The number of amides is 1. The fourth-order valence-electron chi connectivity index (χ4n) is 3.00. The number of nitrogens with zero attached hydrogens (tertiary/aromatic N) is 2. The maximum absolute atomic E-state index is 12.6. The Hall–Kier alpha value is -1.11. The van der Waals surface area contributed by atoms with E-state index in [1.54, 1.807) is 11.0 Å². The van der Waals surface area contributed by atoms with E-state index >= 15 is 0 Å². The van der Waals surface area contributed by atoms with Crippen molar-refractivity contribution in [1.29, 1.82) is 0 Å². The summed E-state index contributed by atoms with van der Waals surface area (Å²) in [5.74, 6) is -0.243. The maximum Gasteiger partial charge on any atom is 0.233 e. The molecule has 0 aliphatic carbocycles. The number of fused-ring (bicyclic) bond motifs is 1. The summed E-state index contributed by atoms with van der Waals surface area (Å²) in [5, 5.41) is 0.669. The number of anilines is 1. The van der Waals surface area contributed by atoms with Gasteiger partial charge in [-0.1, -0.05) is 11.6 Å². The molecule has 0 N–H and O–H groups in total. The molecule has 0 aromatic heterocycles. The molecule has 0 spiro atoms. The lowest BCUT2D eigenvalue weighted by Crippen LogP contribution is -2.57. The number of carbonyl (C=O) groups excluding carboxylic acids is 1. The first kappa shape index (κ1) is 14.8. The highest BCUT2D eigenvalue weighted by Gasteiger charge is 2.42. The van der Waals surface area contributed by atoms with Crippen LogP contribution < -0.4 is 4.90 Å². The van der Waals surface area contributed by atoms with Crippen molar-refractivity contribution >= 4 is 33.2 Å². The molecule has 1 saturated heterocycles. The summed E-state index contributed by atoms with van der Waals surface area (Å²) >= 11 is 5.99. The molecule has 0 radical (unpaired) electrons. The summed E-state index contributed by atoms with van der Waals surface area (Å²) < 4.78 is 24.1. The molecule has 2 heterocycles. The monoisotopic (exact) mass is 328 g/mol. The van der Waals surface area contributed by atoms with Crippen LogP contribution in [0.5, 0.6) is 0 Å². The molecule has 1 unspecified atom stereocenters. The van der Waals surface area contributed by atoms with Gasteiger partial charge in [0.25, 0.3) is 0 Å². The molecule has 7 heteroatoms. The first-order valence-corrected chi connectivity index (χ1v) is 9.06. The van der Waals surface area contributed by atoms with Gasteiger partial charge < -0.3 is 4.90 Å². The molecular formula is C14H17ClN2O3S. The summed E-state index contributed by atoms with van der Waals surface area (Å²) in [6, 6.07) is 5.62. The van der Waals surface area contributed by atoms with Gasteiger partial charge in [-0.2, -0.15) is 0 Å². The van der Waals surface area contributed by atoms with E-state index in [0.29, 0.717) is 5.02 Å². The fourth-order valence-corrected chi connectivity index (χ4v) is 4.09. The Morgan fingerprint density at radius 2 is 2.00 bits per heavy atom. The predicted molar refractivity (Wildman–Crippen MR) is 82.0 cm³/mol. The zero-order valence-corrected chi connectivity index (χ0v) is 13.5. The minimum absolute atomic E-state index is 0.00322. The molecule has 1 aromatic carbocycles. The number of carbonyl (C=O) groups is 1. The van der Waals surface area contributed by atoms with E-state index in [1.165, 1.54) is 10.6 Å². The zero-order valence-electron chi connectivity index (χ0n) is 11.9. The SMILES string of the molecule is CC1Cc2cc(Cl)ccc2N1C(=O)C1CN(S(C)(=O)=O)C1. The van der Waals surface area contributed by atoms with E-state index in [-0.39, 0.29) is 31.0 Å². The number of sulfonamides is 1. The van der Waals surface area contributed by atoms with Gasteiger partial charge in [-0.25, -0.2) is 12.7 Å². The second-order valence-electron chi connectivity index (χ2n) is 5.81. The molecule has 5 nitrogen and oxygen atoms in total. The number of hydrogen-bond donors (Lipinski definition) is 0. The van der Waals surface area contributed by atoms with Crippen LogP contribution in [-0.4, -0.2) is 44.0 Å². The molecule has 0 bridgehead atoms. The van der Waals surface area contributed by atoms with Crippen LogP contribution in [0.1, 0.15) is 12.5 Å². The van der Waals surface area contributed by atoms with E-state index in [9.17, 15) is 13.2 Å². The smallest absolute Gasteiger partial charge is 0.233 e. The largest absolute Gasteiger partial charge is 0.309 e. The van der Waals surface area contributed by atoms with Gasteiger partial charge in [0.2, 0.25) is 15.9 Å². The maximum atomic E-state index is 12.6. The Balaban J connectivity index is 1.78. The number of rotatable bonds is 2. The second-order valence-corrected chi connectivity index (χ2v) is 8.23. The summed E-state index contributed by atoms with van der Waals surface area (Å²) in [6.07, 6.45) is 1.95. The van der Waals surface area contributed by atoms with Crippen molar-refractivity contribution < 1.29 is 13.2 Å². The first-order valence-electron chi connectivity index (χ1n) is 6.84. The van der Waals surface area contributed by atoms with Gasteiger partial charge in [0.15, 0.2) is 0 Å². The van der Waals surface area contributed by atoms with Crippen LogP contribution in [0.25, 0.3) is 0 Å². The van der Waals surface area contributed by atoms with Crippen LogP contribution in [0.4, 0.5) is 5.69 Å². The molecule has 3 rings (SSSR count). The van der Waals surface area contributed by atoms with Crippen molar-refractivity contribution in [3.63, 3.8) is 0 Å². The van der Waals surface area contributed by atoms with E-state index in [1.807, 2.05) is 19.1 Å². The Morgan fingerprint density at radius 1 is 1.33 bits per heavy atom. The molecule has 1 fully saturated rings. The van der Waals surface area contributed by atoms with Crippen LogP contribution in [0, 0.1) is 5.92 Å². The lowest BCUT2D eigenvalue weighted by atomic mass is 10.0. The molecule has 1 atom stereocenters. The quantitative estimate of drug-likeness (QED) is 0.827. The Bertz CT molecular complexity index is 698. The highest BCUT2D eigenvalue weighted by atomic mass is 35.5. The van der Waals surface area contributed by atoms with Crippen LogP contribution in [0.15, 0.2) is 18.2 Å². The molecule has 1 amide bonds. The van der Waals surface area contributed by atoms with Crippen molar-refractivity contribution in [2.75, 3.05) is 24.2 Å². The second kappa shape index (κ2) is 4.97. The van der Waals surface area contributed by atoms with E-state index in [4.69, 9.17) is 11.6 Å². The average molecular weight is 329 g/mol. The standard InChI is InChI=1S/C14H17ClN2O3S/c1-9-5-10-6-12(15)3-4-13(10)17(9)14(18)11-7-16(8-11)21(2,19)20/h3-4,6,9,11H,5,7-8H2,1-2H3. The summed E-state index contributed by atoms with van der Waals surface area (Å²) in [6.45, 7) is 2.56. The normalized spacial score (nSPS) is 23.0. The number of halogens is 1. The molecule has 2 aliphatic heterocycles. The van der Waals surface area contributed by atoms with Gasteiger partial charge in [0.1, 0.15) is 0 Å². The highest BCUT2D eigenvalue weighted by molar-refractivity contribution is 7.88. The van der Waals surface area contributed by atoms with E-state index in [2.05, 4.69) is 0 Å². The van der Waals surface area contributed by atoms with E-state index < -0.39 is 10.0 Å². The number of benzene rings is 1. The van der Waals surface area contributed by atoms with Crippen LogP contribution in [-0.2, 0) is 21.2 Å². The van der Waals surface area contributed by atoms with Gasteiger partial charge in [-0.3, -0.25) is 4.79 Å². The molecular weight excluding hydrogens is 312 g/mol. The van der Waals surface area contributed by atoms with Gasteiger partial charge in [0.05, 0.1) is 12.2 Å². The lowest BCUT2D eigenvalue weighted by molar-refractivity contribution is -0.125.